The fourth-order valence-electron chi connectivity index (χ4n) is 1.66. The SMILES string of the molecule is O=C1C=C(n2ncc3cc(Cl)ccc32)S(=O)N1. The maximum atomic E-state index is 11.6. The number of nitrogens with zero attached hydrogens (tertiary/aromatic N) is 2. The van der Waals surface area contributed by atoms with Crippen LogP contribution in [0, 0.1) is 0 Å². The van der Waals surface area contributed by atoms with Crippen LogP contribution in [0.15, 0.2) is 30.5 Å². The third-order valence-electron chi connectivity index (χ3n) is 2.38. The van der Waals surface area contributed by atoms with E-state index in [1.54, 1.807) is 24.4 Å². The first-order chi connectivity index (χ1) is 8.15. The van der Waals surface area contributed by atoms with Gasteiger partial charge >= 0.3 is 0 Å². The predicted octanol–water partition coefficient (Wildman–Crippen LogP) is 1.28. The highest BCUT2D eigenvalue weighted by molar-refractivity contribution is 7.93. The van der Waals surface area contributed by atoms with E-state index < -0.39 is 11.0 Å². The average Bonchev–Trinajstić information content (AvgIpc) is 2.81. The Bertz CT molecular complexity index is 692. The van der Waals surface area contributed by atoms with E-state index in [4.69, 9.17) is 11.6 Å². The number of carbonyl (C=O) groups is 1. The summed E-state index contributed by atoms with van der Waals surface area (Å²) in [7, 11) is -1.55. The van der Waals surface area contributed by atoms with Gasteiger partial charge < -0.3 is 0 Å². The second-order valence-corrected chi connectivity index (χ2v) is 5.07. The standard InChI is InChI=1S/C10H6ClN3O2S/c11-7-1-2-8-6(3-7)5-12-14(8)10-4-9(15)13-17(10)16/h1-5H,(H,13,15). The first kappa shape index (κ1) is 10.5. The second kappa shape index (κ2) is 3.68. The van der Waals surface area contributed by atoms with Gasteiger partial charge in [-0.05, 0) is 18.2 Å². The summed E-state index contributed by atoms with van der Waals surface area (Å²) in [5.41, 5.74) is 0.755. The van der Waals surface area contributed by atoms with Crippen molar-refractivity contribution in [1.29, 1.82) is 0 Å². The molecule has 1 unspecified atom stereocenters. The van der Waals surface area contributed by atoms with Crippen LogP contribution in [0.5, 0.6) is 0 Å². The first-order valence-corrected chi connectivity index (χ1v) is 6.26. The molecule has 0 aliphatic carbocycles. The third kappa shape index (κ3) is 1.65. The molecule has 1 amide bonds. The van der Waals surface area contributed by atoms with Gasteiger partial charge in [0.25, 0.3) is 5.91 Å². The van der Waals surface area contributed by atoms with Gasteiger partial charge in [-0.15, -0.1) is 0 Å². The van der Waals surface area contributed by atoms with Crippen LogP contribution in [0.25, 0.3) is 15.9 Å². The van der Waals surface area contributed by atoms with Crippen LogP contribution < -0.4 is 4.72 Å². The van der Waals surface area contributed by atoms with Crippen LogP contribution in [-0.2, 0) is 15.8 Å². The van der Waals surface area contributed by atoms with Crippen molar-refractivity contribution in [2.45, 2.75) is 0 Å². The fraction of sp³-hybridized carbons (Fsp3) is 0. The number of fused-ring (bicyclic) bond motifs is 1. The highest BCUT2D eigenvalue weighted by atomic mass is 35.5. The van der Waals surface area contributed by atoms with E-state index >= 15 is 0 Å². The number of nitrogens with one attached hydrogen (secondary N) is 1. The molecule has 7 heteroatoms. The largest absolute Gasteiger partial charge is 0.269 e. The molecule has 1 atom stereocenters. The smallest absolute Gasteiger partial charge is 0.258 e. The topological polar surface area (TPSA) is 64.0 Å². The molecule has 0 radical (unpaired) electrons. The molecule has 1 aliphatic rings. The zero-order valence-corrected chi connectivity index (χ0v) is 9.96. The maximum absolute atomic E-state index is 11.6. The molecule has 0 bridgehead atoms. The lowest BCUT2D eigenvalue weighted by molar-refractivity contribution is -0.114. The molecule has 17 heavy (non-hydrogen) atoms. The molecule has 3 rings (SSSR count). The van der Waals surface area contributed by atoms with Crippen LogP contribution in [0.1, 0.15) is 0 Å². The Labute approximate surface area is 104 Å². The normalized spacial score (nSPS) is 19.5. The number of hydrogen-bond acceptors (Lipinski definition) is 3. The minimum atomic E-state index is -1.55. The van der Waals surface area contributed by atoms with Gasteiger partial charge in [0.05, 0.1) is 11.7 Å². The molecule has 0 saturated heterocycles. The summed E-state index contributed by atoms with van der Waals surface area (Å²) in [6.45, 7) is 0. The van der Waals surface area contributed by atoms with Crippen molar-refractivity contribution in [3.05, 3.63) is 35.5 Å². The summed E-state index contributed by atoms with van der Waals surface area (Å²) in [4.78, 5) is 11.1. The molecule has 2 heterocycles. The van der Waals surface area contributed by atoms with E-state index in [2.05, 4.69) is 9.82 Å². The lowest BCUT2D eigenvalue weighted by Gasteiger charge is -2.02. The van der Waals surface area contributed by atoms with Crippen LogP contribution in [-0.4, -0.2) is 19.9 Å². The van der Waals surface area contributed by atoms with Crippen molar-refractivity contribution >= 4 is 44.4 Å². The van der Waals surface area contributed by atoms with E-state index in [-0.39, 0.29) is 5.91 Å². The Kier molecular flexibility index (Phi) is 2.27. The summed E-state index contributed by atoms with van der Waals surface area (Å²) in [5.74, 6) is -0.379. The molecule has 1 aromatic heterocycles. The molecule has 5 nitrogen and oxygen atoms in total. The Morgan fingerprint density at radius 1 is 1.41 bits per heavy atom. The Balaban J connectivity index is 2.22. The van der Waals surface area contributed by atoms with E-state index in [9.17, 15) is 9.00 Å². The van der Waals surface area contributed by atoms with Gasteiger partial charge in [0.1, 0.15) is 0 Å². The monoisotopic (exact) mass is 267 g/mol. The highest BCUT2D eigenvalue weighted by Gasteiger charge is 2.22. The van der Waals surface area contributed by atoms with E-state index in [1.165, 1.54) is 10.8 Å². The van der Waals surface area contributed by atoms with Gasteiger partial charge in [-0.2, -0.15) is 5.10 Å². The van der Waals surface area contributed by atoms with Crippen molar-refractivity contribution in [3.8, 4) is 0 Å². The molecule has 2 aromatic rings. The number of rotatable bonds is 1. The van der Waals surface area contributed by atoms with Crippen molar-refractivity contribution < 1.29 is 9.00 Å². The molecular weight excluding hydrogens is 262 g/mol. The van der Waals surface area contributed by atoms with Crippen molar-refractivity contribution in [2.24, 2.45) is 0 Å². The second-order valence-electron chi connectivity index (χ2n) is 3.48. The first-order valence-electron chi connectivity index (χ1n) is 4.73. The van der Waals surface area contributed by atoms with E-state index in [0.29, 0.717) is 10.1 Å². The summed E-state index contributed by atoms with van der Waals surface area (Å²) in [6.07, 6.45) is 2.89. The quantitative estimate of drug-likeness (QED) is 0.847. The number of aromatic nitrogens is 2. The number of halogens is 1. The molecule has 1 N–H and O–H groups in total. The van der Waals surface area contributed by atoms with Gasteiger partial charge in [-0.1, -0.05) is 11.6 Å². The molecule has 0 saturated carbocycles. The van der Waals surface area contributed by atoms with Crippen molar-refractivity contribution in [3.63, 3.8) is 0 Å². The van der Waals surface area contributed by atoms with Gasteiger partial charge in [0, 0.05) is 16.5 Å². The molecule has 0 spiro atoms. The Morgan fingerprint density at radius 2 is 2.24 bits per heavy atom. The van der Waals surface area contributed by atoms with Crippen molar-refractivity contribution in [2.75, 3.05) is 0 Å². The minimum absolute atomic E-state index is 0.326. The van der Waals surface area contributed by atoms with Gasteiger partial charge in [-0.25, -0.2) is 8.89 Å². The summed E-state index contributed by atoms with van der Waals surface area (Å²) < 4.78 is 15.4. The minimum Gasteiger partial charge on any atom is -0.269 e. The number of hydrogen-bond donors (Lipinski definition) is 1. The maximum Gasteiger partial charge on any atom is 0.258 e. The Morgan fingerprint density at radius 3 is 2.94 bits per heavy atom. The lowest BCUT2D eigenvalue weighted by Crippen LogP contribution is -2.17. The number of amides is 1. The van der Waals surface area contributed by atoms with Crippen molar-refractivity contribution in [1.82, 2.24) is 14.5 Å². The average molecular weight is 268 g/mol. The molecule has 86 valence electrons. The molecule has 1 aromatic carbocycles. The Hall–Kier alpha value is -1.66. The van der Waals surface area contributed by atoms with Crippen LogP contribution in [0.2, 0.25) is 5.02 Å². The summed E-state index contributed by atoms with van der Waals surface area (Å²) in [5, 5.41) is 5.87. The fourth-order valence-corrected chi connectivity index (χ4v) is 2.70. The zero-order valence-electron chi connectivity index (χ0n) is 8.38. The summed E-state index contributed by atoms with van der Waals surface area (Å²) in [6, 6.07) is 5.25. The molecule has 0 fully saturated rings. The van der Waals surface area contributed by atoms with Gasteiger partial charge in [-0.3, -0.25) is 9.52 Å². The van der Waals surface area contributed by atoms with Crippen LogP contribution in [0.4, 0.5) is 0 Å². The van der Waals surface area contributed by atoms with E-state index in [0.717, 1.165) is 10.9 Å². The number of benzene rings is 1. The van der Waals surface area contributed by atoms with Crippen LogP contribution >= 0.6 is 11.6 Å². The van der Waals surface area contributed by atoms with Gasteiger partial charge in [0.2, 0.25) is 0 Å². The lowest BCUT2D eigenvalue weighted by atomic mass is 10.2. The van der Waals surface area contributed by atoms with Gasteiger partial charge in [0.15, 0.2) is 16.0 Å². The highest BCUT2D eigenvalue weighted by Crippen LogP contribution is 2.23. The van der Waals surface area contributed by atoms with E-state index in [1.807, 2.05) is 0 Å². The van der Waals surface area contributed by atoms with Crippen LogP contribution in [0.3, 0.4) is 0 Å². The molecular formula is C10H6ClN3O2S. The zero-order chi connectivity index (χ0) is 12.0. The predicted molar refractivity (Wildman–Crippen MR) is 65.3 cm³/mol. The summed E-state index contributed by atoms with van der Waals surface area (Å²) >= 11 is 5.86. The third-order valence-corrected chi connectivity index (χ3v) is 3.67. The molecule has 1 aliphatic heterocycles. The number of carbonyl (C=O) groups excluding carboxylic acids is 1.